The number of ether oxygens (including phenoxy) is 1. The van der Waals surface area contributed by atoms with E-state index in [1.54, 1.807) is 19.5 Å². The molecule has 0 radical (unpaired) electrons. The van der Waals surface area contributed by atoms with Gasteiger partial charge in [0, 0.05) is 61.5 Å². The second-order valence-electron chi connectivity index (χ2n) is 9.61. The molecule has 1 N–H and O–H groups in total. The molecule has 1 aromatic carbocycles. The van der Waals surface area contributed by atoms with Gasteiger partial charge in [0.1, 0.15) is 11.3 Å². The third kappa shape index (κ3) is 3.97. The summed E-state index contributed by atoms with van der Waals surface area (Å²) in [6.07, 6.45) is 5.71. The molecule has 8 nitrogen and oxygen atoms in total. The van der Waals surface area contributed by atoms with Crippen LogP contribution >= 0.6 is 0 Å². The molecule has 33 heavy (non-hydrogen) atoms. The number of aromatic carboxylic acids is 1. The quantitative estimate of drug-likeness (QED) is 0.647. The van der Waals surface area contributed by atoms with Gasteiger partial charge in [0.25, 0.3) is 0 Å². The first-order valence-electron chi connectivity index (χ1n) is 10.7. The Hall–Kier alpha value is -3.68. The van der Waals surface area contributed by atoms with E-state index in [0.29, 0.717) is 23.8 Å². The topological polar surface area (TPSA) is 97.6 Å². The van der Waals surface area contributed by atoms with Crippen molar-refractivity contribution in [1.82, 2.24) is 14.5 Å². The van der Waals surface area contributed by atoms with Crippen molar-refractivity contribution in [1.29, 1.82) is 0 Å². The Balaban J connectivity index is 1.94. The van der Waals surface area contributed by atoms with Gasteiger partial charge < -0.3 is 19.3 Å². The predicted octanol–water partition coefficient (Wildman–Crippen LogP) is 3.89. The number of carbonyl (C=O) groups is 1. The number of carboxylic acid groups (broad SMARTS) is 1. The van der Waals surface area contributed by atoms with E-state index in [4.69, 9.17) is 4.74 Å². The third-order valence-electron chi connectivity index (χ3n) is 6.11. The molecule has 8 heteroatoms. The number of carboxylic acids is 1. The predicted molar refractivity (Wildman–Crippen MR) is 127 cm³/mol. The molecule has 2 aromatic heterocycles. The number of pyridine rings is 1. The first-order chi connectivity index (χ1) is 15.5. The lowest BCUT2D eigenvalue weighted by molar-refractivity contribution is 0.0693. The minimum Gasteiger partial charge on any atom is -0.496 e. The van der Waals surface area contributed by atoms with Gasteiger partial charge in [-0.2, -0.15) is 0 Å². The molecule has 0 amide bonds. The first-order valence-corrected chi connectivity index (χ1v) is 10.7. The molecule has 0 aliphatic carbocycles. The van der Waals surface area contributed by atoms with Crippen LogP contribution in [0.1, 0.15) is 42.7 Å². The number of benzene rings is 1. The number of rotatable bonds is 4. The highest BCUT2D eigenvalue weighted by Gasteiger charge is 2.34. The molecule has 1 aliphatic heterocycles. The Morgan fingerprint density at radius 1 is 1.15 bits per heavy atom. The van der Waals surface area contributed by atoms with E-state index in [-0.39, 0.29) is 17.0 Å². The van der Waals surface area contributed by atoms with Gasteiger partial charge in [-0.3, -0.25) is 4.79 Å². The van der Waals surface area contributed by atoms with Crippen LogP contribution in [0.2, 0.25) is 0 Å². The zero-order valence-electron chi connectivity index (χ0n) is 19.7. The summed E-state index contributed by atoms with van der Waals surface area (Å²) in [4.78, 5) is 34.9. The van der Waals surface area contributed by atoms with Crippen molar-refractivity contribution in [3.05, 3.63) is 58.1 Å². The van der Waals surface area contributed by atoms with Crippen LogP contribution in [0.3, 0.4) is 0 Å². The number of nitrogens with zero attached hydrogens (tertiary/aromatic N) is 4. The summed E-state index contributed by atoms with van der Waals surface area (Å²) >= 11 is 0. The fourth-order valence-electron chi connectivity index (χ4n) is 4.33. The lowest BCUT2D eigenvalue weighted by atomic mass is 9.78. The molecule has 1 atom stereocenters. The van der Waals surface area contributed by atoms with Crippen LogP contribution < -0.4 is 15.1 Å². The molecular weight excluding hydrogens is 420 g/mol. The zero-order chi connectivity index (χ0) is 24.1. The Labute approximate surface area is 192 Å². The van der Waals surface area contributed by atoms with Gasteiger partial charge in [-0.1, -0.05) is 20.8 Å². The fraction of sp³-hybridized carbons (Fsp3) is 0.360. The summed E-state index contributed by atoms with van der Waals surface area (Å²) in [6.45, 7) is 6.34. The van der Waals surface area contributed by atoms with Crippen LogP contribution in [0, 0.1) is 5.41 Å². The van der Waals surface area contributed by atoms with E-state index >= 15 is 0 Å². The number of aromatic nitrogens is 3. The van der Waals surface area contributed by atoms with Gasteiger partial charge in [0.05, 0.1) is 12.8 Å². The van der Waals surface area contributed by atoms with Gasteiger partial charge in [0.2, 0.25) is 5.95 Å². The molecular formula is C25H28N4O4. The van der Waals surface area contributed by atoms with Crippen LogP contribution in [0.15, 0.2) is 41.6 Å². The molecule has 3 aromatic rings. The lowest BCUT2D eigenvalue weighted by Gasteiger charge is -2.39. The van der Waals surface area contributed by atoms with Crippen LogP contribution in [0.5, 0.6) is 5.75 Å². The normalized spacial score (nSPS) is 14.9. The number of fused-ring (bicyclic) bond motifs is 3. The van der Waals surface area contributed by atoms with Gasteiger partial charge in [-0.25, -0.2) is 14.8 Å². The molecule has 172 valence electrons. The molecule has 1 unspecified atom stereocenters. The number of anilines is 1. The average molecular weight is 449 g/mol. The highest BCUT2D eigenvalue weighted by atomic mass is 16.5. The minimum absolute atomic E-state index is 0.0349. The van der Waals surface area contributed by atoms with Crippen LogP contribution in [0.4, 0.5) is 5.95 Å². The largest absolute Gasteiger partial charge is 0.496 e. The van der Waals surface area contributed by atoms with Crippen molar-refractivity contribution >= 4 is 11.9 Å². The molecule has 4 rings (SSSR count). The second-order valence-corrected chi connectivity index (χ2v) is 9.61. The van der Waals surface area contributed by atoms with Gasteiger partial charge in [0.15, 0.2) is 5.43 Å². The standard InChI is InChI=1S/C25H28N4O4/c1-25(2,3)22-8-14-7-17(15-11-26-24(27-12-15)28(4)5)21(33-6)9-16(14)19-10-20(30)18(23(31)32)13-29(19)22/h7,9-13,22H,8H2,1-6H3,(H,31,32). The summed E-state index contributed by atoms with van der Waals surface area (Å²) in [7, 11) is 5.37. The van der Waals surface area contributed by atoms with Crippen LogP contribution in [-0.2, 0) is 6.42 Å². The Bertz CT molecular complexity index is 1290. The maximum Gasteiger partial charge on any atom is 0.341 e. The first kappa shape index (κ1) is 22.5. The Morgan fingerprint density at radius 3 is 2.36 bits per heavy atom. The minimum atomic E-state index is -1.22. The summed E-state index contributed by atoms with van der Waals surface area (Å²) in [5, 5.41) is 9.50. The maximum absolute atomic E-state index is 12.6. The van der Waals surface area contributed by atoms with Crippen molar-refractivity contribution < 1.29 is 14.6 Å². The highest BCUT2D eigenvalue weighted by molar-refractivity contribution is 5.88. The van der Waals surface area contributed by atoms with Crippen molar-refractivity contribution in [2.75, 3.05) is 26.1 Å². The van der Waals surface area contributed by atoms with Crippen molar-refractivity contribution in [3.63, 3.8) is 0 Å². The number of hydrogen-bond acceptors (Lipinski definition) is 6. The third-order valence-corrected chi connectivity index (χ3v) is 6.11. The van der Waals surface area contributed by atoms with E-state index in [0.717, 1.165) is 22.3 Å². The van der Waals surface area contributed by atoms with Crippen molar-refractivity contribution in [2.45, 2.75) is 33.2 Å². The smallest absolute Gasteiger partial charge is 0.341 e. The molecule has 0 saturated carbocycles. The van der Waals surface area contributed by atoms with E-state index in [2.05, 4.69) is 36.8 Å². The summed E-state index contributed by atoms with van der Waals surface area (Å²) in [5.41, 5.74) is 3.40. The van der Waals surface area contributed by atoms with Crippen LogP contribution in [-0.4, -0.2) is 46.8 Å². The fourth-order valence-corrected chi connectivity index (χ4v) is 4.33. The van der Waals surface area contributed by atoms with E-state index in [1.165, 1.54) is 12.3 Å². The molecule has 0 bridgehead atoms. The van der Waals surface area contributed by atoms with E-state index in [1.807, 2.05) is 29.6 Å². The Kier molecular flexibility index (Phi) is 5.47. The van der Waals surface area contributed by atoms with E-state index in [9.17, 15) is 14.7 Å². The molecule has 0 spiro atoms. The van der Waals surface area contributed by atoms with Gasteiger partial charge in [-0.15, -0.1) is 0 Å². The monoisotopic (exact) mass is 448 g/mol. The van der Waals surface area contributed by atoms with E-state index < -0.39 is 11.4 Å². The number of methoxy groups -OCH3 is 1. The number of hydrogen-bond donors (Lipinski definition) is 1. The summed E-state index contributed by atoms with van der Waals surface area (Å²) in [6, 6.07) is 5.37. The Morgan fingerprint density at radius 2 is 1.82 bits per heavy atom. The highest BCUT2D eigenvalue weighted by Crippen LogP contribution is 2.45. The van der Waals surface area contributed by atoms with Crippen molar-refractivity contribution in [3.8, 4) is 28.1 Å². The molecule has 1 aliphatic rings. The molecule has 0 saturated heterocycles. The lowest BCUT2D eigenvalue weighted by Crippen LogP contribution is -2.32. The summed E-state index contributed by atoms with van der Waals surface area (Å²) < 4.78 is 7.63. The zero-order valence-corrected chi connectivity index (χ0v) is 19.7. The average Bonchev–Trinajstić information content (AvgIpc) is 2.76. The maximum atomic E-state index is 12.6. The summed E-state index contributed by atoms with van der Waals surface area (Å²) in [5.74, 6) is 0.0272. The van der Waals surface area contributed by atoms with Crippen molar-refractivity contribution in [2.24, 2.45) is 5.41 Å². The van der Waals surface area contributed by atoms with Gasteiger partial charge in [-0.05, 0) is 29.5 Å². The molecule has 3 heterocycles. The second kappa shape index (κ2) is 8.03. The SMILES string of the molecule is COc1cc2c(cc1-c1cnc(N(C)C)nc1)CC(C(C)(C)C)n1cc(C(=O)O)c(=O)cc1-2. The van der Waals surface area contributed by atoms with Gasteiger partial charge >= 0.3 is 5.97 Å². The molecule has 0 fully saturated rings. The van der Waals surface area contributed by atoms with Crippen LogP contribution in [0.25, 0.3) is 22.4 Å².